The van der Waals surface area contributed by atoms with Gasteiger partial charge in [0, 0.05) is 12.0 Å². The lowest BCUT2D eigenvalue weighted by Gasteiger charge is -2.17. The van der Waals surface area contributed by atoms with E-state index in [4.69, 9.17) is 13.9 Å². The Morgan fingerprint density at radius 2 is 1.58 bits per heavy atom. The van der Waals surface area contributed by atoms with Crippen LogP contribution in [0.4, 0.5) is 0 Å². The predicted molar refractivity (Wildman–Crippen MR) is 131 cm³/mol. The number of esters is 1. The molecule has 7 heteroatoms. The van der Waals surface area contributed by atoms with Crippen molar-refractivity contribution in [2.45, 2.75) is 26.4 Å². The summed E-state index contributed by atoms with van der Waals surface area (Å²) in [7, 11) is 0. The lowest BCUT2D eigenvalue weighted by molar-refractivity contribution is -0.310. The fourth-order valence-electron chi connectivity index (χ4n) is 3.68. The first-order valence-electron chi connectivity index (χ1n) is 11.6. The molecule has 0 saturated carbocycles. The number of hydrogen-bond acceptors (Lipinski definition) is 7. The number of ether oxygens (including phenoxy) is 2. The Bertz CT molecular complexity index is 1280. The third-order valence-corrected chi connectivity index (χ3v) is 5.68. The van der Waals surface area contributed by atoms with Gasteiger partial charge in [-0.05, 0) is 48.7 Å². The van der Waals surface area contributed by atoms with Crippen LogP contribution in [0.2, 0.25) is 0 Å². The molecule has 1 heterocycles. The van der Waals surface area contributed by atoms with E-state index in [1.807, 2.05) is 55.5 Å². The van der Waals surface area contributed by atoms with Crippen LogP contribution in [-0.4, -0.2) is 23.5 Å². The number of hydrogen-bond donors (Lipinski definition) is 0. The van der Waals surface area contributed by atoms with Crippen molar-refractivity contribution in [2.75, 3.05) is 6.61 Å². The van der Waals surface area contributed by atoms with Crippen molar-refractivity contribution >= 4 is 11.9 Å². The Morgan fingerprint density at radius 1 is 0.917 bits per heavy atom. The Labute approximate surface area is 209 Å². The number of benzene rings is 3. The van der Waals surface area contributed by atoms with E-state index in [1.54, 1.807) is 36.4 Å². The molecule has 0 bridgehead atoms. The van der Waals surface area contributed by atoms with E-state index in [2.05, 4.69) is 4.98 Å². The lowest BCUT2D eigenvalue weighted by atomic mass is 9.99. The van der Waals surface area contributed by atoms with E-state index in [1.165, 1.54) is 0 Å². The highest BCUT2D eigenvalue weighted by atomic mass is 16.5. The molecule has 0 saturated heterocycles. The molecule has 1 unspecified atom stereocenters. The summed E-state index contributed by atoms with van der Waals surface area (Å²) in [6, 6.07) is 25.7. The van der Waals surface area contributed by atoms with Crippen LogP contribution >= 0.6 is 0 Å². The molecule has 0 spiro atoms. The molecule has 36 heavy (non-hydrogen) atoms. The first-order chi connectivity index (χ1) is 17.5. The largest absolute Gasteiger partial charge is 0.549 e. The maximum absolute atomic E-state index is 12.3. The number of aromatic nitrogens is 1. The van der Waals surface area contributed by atoms with Crippen LogP contribution in [0.5, 0.6) is 5.75 Å². The maximum Gasteiger partial charge on any atom is 0.315 e. The van der Waals surface area contributed by atoms with Crippen LogP contribution in [0, 0.1) is 12.8 Å². The first kappa shape index (κ1) is 24.7. The Balaban J connectivity index is 1.28. The molecule has 1 atom stereocenters. The van der Waals surface area contributed by atoms with Crippen LogP contribution in [0.3, 0.4) is 0 Å². The van der Waals surface area contributed by atoms with Gasteiger partial charge in [0.05, 0.1) is 18.3 Å². The van der Waals surface area contributed by atoms with Gasteiger partial charge in [0.15, 0.2) is 0 Å². The zero-order valence-corrected chi connectivity index (χ0v) is 19.9. The van der Waals surface area contributed by atoms with Gasteiger partial charge in [-0.25, -0.2) is 4.98 Å². The van der Waals surface area contributed by atoms with Crippen molar-refractivity contribution < 1.29 is 28.6 Å². The molecule has 0 N–H and O–H groups in total. The number of carboxylic acid groups (broad SMARTS) is 1. The number of carbonyl (C=O) groups is 2. The number of oxazole rings is 1. The Kier molecular flexibility index (Phi) is 8.13. The van der Waals surface area contributed by atoms with Crippen molar-refractivity contribution in [3.05, 3.63) is 108 Å². The molecular formula is C29H26NO6-. The van der Waals surface area contributed by atoms with E-state index in [0.29, 0.717) is 30.2 Å². The summed E-state index contributed by atoms with van der Waals surface area (Å²) < 4.78 is 16.8. The number of rotatable bonds is 11. The van der Waals surface area contributed by atoms with Crippen LogP contribution in [-0.2, 0) is 33.8 Å². The van der Waals surface area contributed by atoms with Gasteiger partial charge in [0.25, 0.3) is 0 Å². The van der Waals surface area contributed by atoms with Crippen LogP contribution < -0.4 is 9.84 Å². The van der Waals surface area contributed by atoms with Crippen LogP contribution in [0.15, 0.2) is 89.3 Å². The van der Waals surface area contributed by atoms with Crippen molar-refractivity contribution in [3.8, 4) is 17.2 Å². The highest BCUT2D eigenvalue weighted by Gasteiger charge is 2.22. The van der Waals surface area contributed by atoms with Crippen molar-refractivity contribution in [1.82, 2.24) is 4.98 Å². The molecule has 0 amide bonds. The van der Waals surface area contributed by atoms with Gasteiger partial charge in [0.1, 0.15) is 24.0 Å². The number of carboxylic acids is 1. The molecule has 3 aromatic carbocycles. The minimum Gasteiger partial charge on any atom is -0.549 e. The van der Waals surface area contributed by atoms with Gasteiger partial charge < -0.3 is 23.8 Å². The summed E-state index contributed by atoms with van der Waals surface area (Å²) in [5, 5.41) is 11.6. The number of aryl methyl sites for hydroxylation is 1. The monoisotopic (exact) mass is 484 g/mol. The van der Waals surface area contributed by atoms with Gasteiger partial charge in [0.2, 0.25) is 5.89 Å². The SMILES string of the molecule is Cc1oc(-c2ccccc2)nc1CCOc1ccc(CC(C(=O)[O-])C(=O)OCc2ccccc2)cc1. The number of nitrogens with zero attached hydrogens (tertiary/aromatic N) is 1. The summed E-state index contributed by atoms with van der Waals surface area (Å²) in [6.07, 6.45) is 0.542. The second-order valence-corrected chi connectivity index (χ2v) is 8.30. The molecule has 0 aliphatic heterocycles. The lowest BCUT2D eigenvalue weighted by Crippen LogP contribution is -2.38. The van der Waals surface area contributed by atoms with E-state index < -0.39 is 17.9 Å². The third-order valence-electron chi connectivity index (χ3n) is 5.68. The molecule has 184 valence electrons. The van der Waals surface area contributed by atoms with E-state index in [9.17, 15) is 14.7 Å². The normalized spacial score (nSPS) is 11.6. The second kappa shape index (κ2) is 11.8. The summed E-state index contributed by atoms with van der Waals surface area (Å²) in [4.78, 5) is 28.5. The van der Waals surface area contributed by atoms with E-state index in [-0.39, 0.29) is 13.0 Å². The molecule has 0 fully saturated rings. The maximum atomic E-state index is 12.3. The fourth-order valence-corrected chi connectivity index (χ4v) is 3.68. The van der Waals surface area contributed by atoms with Crippen molar-refractivity contribution in [2.24, 2.45) is 5.92 Å². The standard InChI is InChI=1S/C29H27NO6/c1-20-26(30-27(36-20)23-10-6-3-7-11-23)16-17-34-24-14-12-21(13-15-24)18-25(28(31)32)29(33)35-19-22-8-4-2-5-9-22/h2-15,25H,16-19H2,1H3,(H,31,32)/p-1. The zero-order chi connectivity index (χ0) is 25.3. The predicted octanol–water partition coefficient (Wildman–Crippen LogP) is 3.92. The van der Waals surface area contributed by atoms with Gasteiger partial charge in [-0.2, -0.15) is 0 Å². The Morgan fingerprint density at radius 3 is 2.25 bits per heavy atom. The van der Waals surface area contributed by atoms with Gasteiger partial charge in [-0.15, -0.1) is 0 Å². The zero-order valence-electron chi connectivity index (χ0n) is 19.9. The molecule has 0 radical (unpaired) electrons. The van der Waals surface area contributed by atoms with Gasteiger partial charge in [-0.1, -0.05) is 60.7 Å². The average Bonchev–Trinajstić information content (AvgIpc) is 3.28. The minimum atomic E-state index is -1.47. The summed E-state index contributed by atoms with van der Waals surface area (Å²) in [5.41, 5.74) is 3.19. The van der Waals surface area contributed by atoms with Gasteiger partial charge >= 0.3 is 5.97 Å². The van der Waals surface area contributed by atoms with E-state index >= 15 is 0 Å². The van der Waals surface area contributed by atoms with Crippen LogP contribution in [0.1, 0.15) is 22.6 Å². The topological polar surface area (TPSA) is 102 Å². The van der Waals surface area contributed by atoms with Gasteiger partial charge in [-0.3, -0.25) is 4.79 Å². The van der Waals surface area contributed by atoms with E-state index in [0.717, 1.165) is 22.6 Å². The van der Waals surface area contributed by atoms with Crippen LogP contribution in [0.25, 0.3) is 11.5 Å². The minimum absolute atomic E-state index is 0.00800. The number of carbonyl (C=O) groups excluding carboxylic acids is 2. The molecule has 7 nitrogen and oxygen atoms in total. The second-order valence-electron chi connectivity index (χ2n) is 8.30. The molecule has 4 aromatic rings. The molecular weight excluding hydrogens is 458 g/mol. The highest BCUT2D eigenvalue weighted by molar-refractivity contribution is 5.93. The molecule has 1 aromatic heterocycles. The fraction of sp³-hybridized carbons (Fsp3) is 0.207. The average molecular weight is 485 g/mol. The Hall–Kier alpha value is -4.39. The summed E-state index contributed by atoms with van der Waals surface area (Å²) in [6.45, 7) is 2.28. The number of aliphatic carboxylic acids is 1. The molecule has 4 rings (SSSR count). The molecule has 0 aliphatic carbocycles. The van der Waals surface area contributed by atoms with Crippen molar-refractivity contribution in [1.29, 1.82) is 0 Å². The first-order valence-corrected chi connectivity index (χ1v) is 11.6. The molecule has 0 aliphatic rings. The summed E-state index contributed by atoms with van der Waals surface area (Å²) >= 11 is 0. The smallest absolute Gasteiger partial charge is 0.315 e. The third kappa shape index (κ3) is 6.60. The quantitative estimate of drug-likeness (QED) is 0.235. The van der Waals surface area contributed by atoms with Crippen molar-refractivity contribution in [3.63, 3.8) is 0 Å². The highest BCUT2D eigenvalue weighted by Crippen LogP contribution is 2.22. The summed E-state index contributed by atoms with van der Waals surface area (Å²) in [5.74, 6) is -1.73.